The molecule has 0 aliphatic carbocycles. The van der Waals surface area contributed by atoms with E-state index in [9.17, 15) is 9.59 Å². The summed E-state index contributed by atoms with van der Waals surface area (Å²) in [7, 11) is 0. The van der Waals surface area contributed by atoms with Gasteiger partial charge >= 0.3 is 5.97 Å². The van der Waals surface area contributed by atoms with Crippen molar-refractivity contribution in [3.05, 3.63) is 0 Å². The summed E-state index contributed by atoms with van der Waals surface area (Å²) >= 11 is 0. The maximum atomic E-state index is 11.9. The number of nitrogens with two attached hydrogens (primary N) is 1. The van der Waals surface area contributed by atoms with Crippen LogP contribution in [0.15, 0.2) is 0 Å². The third kappa shape index (κ3) is 2.95. The molecule has 1 heterocycles. The smallest absolute Gasteiger partial charge is 0.326 e. The van der Waals surface area contributed by atoms with E-state index in [2.05, 4.69) is 0 Å². The number of nitrogens with zero attached hydrogens (tertiary/aromatic N) is 1. The van der Waals surface area contributed by atoms with Crippen LogP contribution in [0.3, 0.4) is 0 Å². The molecule has 5 nitrogen and oxygen atoms in total. The summed E-state index contributed by atoms with van der Waals surface area (Å²) in [6.07, 6.45) is 3.79. The zero-order chi connectivity index (χ0) is 12.1. The molecule has 92 valence electrons. The molecule has 0 spiro atoms. The quantitative estimate of drug-likeness (QED) is 0.740. The first kappa shape index (κ1) is 13.0. The number of amides is 1. The minimum absolute atomic E-state index is 0.225. The molecule has 1 fully saturated rings. The summed E-state index contributed by atoms with van der Waals surface area (Å²) in [5, 5.41) is 9.10. The van der Waals surface area contributed by atoms with Crippen LogP contribution < -0.4 is 5.73 Å². The number of carboxylic acid groups (broad SMARTS) is 1. The van der Waals surface area contributed by atoms with Gasteiger partial charge in [0.25, 0.3) is 0 Å². The van der Waals surface area contributed by atoms with Gasteiger partial charge in [0.1, 0.15) is 6.04 Å². The Balaban J connectivity index is 2.78. The summed E-state index contributed by atoms with van der Waals surface area (Å²) in [5.41, 5.74) is 5.68. The molecule has 0 bridgehead atoms. The van der Waals surface area contributed by atoms with Crippen LogP contribution in [0.2, 0.25) is 0 Å². The second-order valence-corrected chi connectivity index (χ2v) is 4.25. The molecule has 1 amide bonds. The van der Waals surface area contributed by atoms with Gasteiger partial charge < -0.3 is 15.7 Å². The van der Waals surface area contributed by atoms with E-state index >= 15 is 0 Å². The molecule has 0 aromatic rings. The van der Waals surface area contributed by atoms with E-state index < -0.39 is 18.1 Å². The Hall–Kier alpha value is -1.10. The SMILES string of the molecule is CCC(N)C(=O)N1CCCCCC1C(=O)O. The molecular weight excluding hydrogens is 208 g/mol. The topological polar surface area (TPSA) is 83.6 Å². The van der Waals surface area contributed by atoms with Crippen molar-refractivity contribution in [2.75, 3.05) is 6.54 Å². The molecule has 1 rings (SSSR count). The normalized spacial score (nSPS) is 23.6. The van der Waals surface area contributed by atoms with Gasteiger partial charge in [0.05, 0.1) is 6.04 Å². The standard InChI is InChI=1S/C11H20N2O3/c1-2-8(12)10(14)13-7-5-3-4-6-9(13)11(15)16/h8-9H,2-7,12H2,1H3,(H,15,16). The fraction of sp³-hybridized carbons (Fsp3) is 0.818. The van der Waals surface area contributed by atoms with Crippen molar-refractivity contribution < 1.29 is 14.7 Å². The van der Waals surface area contributed by atoms with Crippen molar-refractivity contribution in [3.8, 4) is 0 Å². The van der Waals surface area contributed by atoms with Crippen molar-refractivity contribution >= 4 is 11.9 Å². The predicted octanol–water partition coefficient (Wildman–Crippen LogP) is 0.579. The van der Waals surface area contributed by atoms with Crippen LogP contribution in [0, 0.1) is 0 Å². The van der Waals surface area contributed by atoms with E-state index in [1.165, 1.54) is 4.90 Å². The van der Waals surface area contributed by atoms with Crippen molar-refractivity contribution in [1.82, 2.24) is 4.90 Å². The molecule has 16 heavy (non-hydrogen) atoms. The summed E-state index contributed by atoms with van der Waals surface area (Å²) < 4.78 is 0. The maximum Gasteiger partial charge on any atom is 0.326 e. The number of aliphatic carboxylic acids is 1. The number of hydrogen-bond donors (Lipinski definition) is 2. The first-order chi connectivity index (χ1) is 7.57. The average Bonchev–Trinajstić information content (AvgIpc) is 2.52. The molecule has 2 unspecified atom stereocenters. The maximum absolute atomic E-state index is 11.9. The highest BCUT2D eigenvalue weighted by Crippen LogP contribution is 2.18. The zero-order valence-electron chi connectivity index (χ0n) is 9.69. The average molecular weight is 228 g/mol. The van der Waals surface area contributed by atoms with Gasteiger partial charge in [-0.15, -0.1) is 0 Å². The number of carboxylic acids is 1. The van der Waals surface area contributed by atoms with Crippen molar-refractivity contribution in [2.45, 2.75) is 51.1 Å². The molecular formula is C11H20N2O3. The van der Waals surface area contributed by atoms with E-state index in [0.717, 1.165) is 19.3 Å². The lowest BCUT2D eigenvalue weighted by atomic mass is 10.1. The van der Waals surface area contributed by atoms with E-state index in [1.807, 2.05) is 6.92 Å². The fourth-order valence-corrected chi connectivity index (χ4v) is 2.02. The molecule has 1 aliphatic heterocycles. The minimum atomic E-state index is -0.918. The van der Waals surface area contributed by atoms with Gasteiger partial charge in [0, 0.05) is 6.54 Å². The molecule has 3 N–H and O–H groups in total. The van der Waals surface area contributed by atoms with Crippen LogP contribution in [0.5, 0.6) is 0 Å². The molecule has 1 saturated heterocycles. The summed E-state index contributed by atoms with van der Waals surface area (Å²) in [6, 6.07) is -1.26. The van der Waals surface area contributed by atoms with E-state index in [4.69, 9.17) is 10.8 Å². The number of hydrogen-bond acceptors (Lipinski definition) is 3. The van der Waals surface area contributed by atoms with Gasteiger partial charge in [-0.2, -0.15) is 0 Å². The van der Waals surface area contributed by atoms with E-state index in [1.54, 1.807) is 0 Å². The van der Waals surface area contributed by atoms with Crippen molar-refractivity contribution in [1.29, 1.82) is 0 Å². The van der Waals surface area contributed by atoms with Crippen LogP contribution in [0.4, 0.5) is 0 Å². The highest BCUT2D eigenvalue weighted by molar-refractivity contribution is 5.86. The van der Waals surface area contributed by atoms with Crippen LogP contribution in [-0.2, 0) is 9.59 Å². The molecule has 1 aliphatic rings. The largest absolute Gasteiger partial charge is 0.480 e. The van der Waals surface area contributed by atoms with Gasteiger partial charge in [-0.1, -0.05) is 19.8 Å². The lowest BCUT2D eigenvalue weighted by Crippen LogP contribution is -2.51. The number of carbonyl (C=O) groups is 2. The van der Waals surface area contributed by atoms with Crippen molar-refractivity contribution in [3.63, 3.8) is 0 Å². The van der Waals surface area contributed by atoms with Gasteiger partial charge in [-0.25, -0.2) is 4.79 Å². The Bertz CT molecular complexity index is 268. The Labute approximate surface area is 95.6 Å². The third-order valence-electron chi connectivity index (χ3n) is 3.08. The Morgan fingerprint density at radius 1 is 1.44 bits per heavy atom. The van der Waals surface area contributed by atoms with Crippen LogP contribution in [-0.4, -0.2) is 40.5 Å². The lowest BCUT2D eigenvalue weighted by molar-refractivity contribution is -0.150. The minimum Gasteiger partial charge on any atom is -0.480 e. The molecule has 2 atom stereocenters. The monoisotopic (exact) mass is 228 g/mol. The number of rotatable bonds is 3. The predicted molar refractivity (Wildman–Crippen MR) is 59.9 cm³/mol. The van der Waals surface area contributed by atoms with Crippen LogP contribution in [0.1, 0.15) is 39.0 Å². The summed E-state index contributed by atoms with van der Waals surface area (Å²) in [4.78, 5) is 24.5. The first-order valence-corrected chi connectivity index (χ1v) is 5.86. The van der Waals surface area contributed by atoms with Gasteiger partial charge in [0.2, 0.25) is 5.91 Å². The van der Waals surface area contributed by atoms with Crippen LogP contribution in [0.25, 0.3) is 0 Å². The third-order valence-corrected chi connectivity index (χ3v) is 3.08. The number of carbonyl (C=O) groups excluding carboxylic acids is 1. The first-order valence-electron chi connectivity index (χ1n) is 5.86. The zero-order valence-corrected chi connectivity index (χ0v) is 9.69. The molecule has 0 aromatic carbocycles. The van der Waals surface area contributed by atoms with Gasteiger partial charge in [0.15, 0.2) is 0 Å². The molecule has 0 saturated carbocycles. The van der Waals surface area contributed by atoms with Gasteiger partial charge in [-0.3, -0.25) is 4.79 Å². The number of likely N-dealkylation sites (tertiary alicyclic amines) is 1. The second kappa shape index (κ2) is 5.84. The van der Waals surface area contributed by atoms with E-state index in [0.29, 0.717) is 19.4 Å². The Kier molecular flexibility index (Phi) is 4.73. The highest BCUT2D eigenvalue weighted by Gasteiger charge is 2.32. The molecule has 5 heteroatoms. The lowest BCUT2D eigenvalue weighted by Gasteiger charge is -2.29. The van der Waals surface area contributed by atoms with E-state index in [-0.39, 0.29) is 5.91 Å². The Morgan fingerprint density at radius 3 is 2.69 bits per heavy atom. The van der Waals surface area contributed by atoms with Crippen LogP contribution >= 0.6 is 0 Å². The molecule has 0 radical (unpaired) electrons. The summed E-state index contributed by atoms with van der Waals surface area (Å²) in [6.45, 7) is 2.35. The Morgan fingerprint density at radius 2 is 2.12 bits per heavy atom. The van der Waals surface area contributed by atoms with Crippen molar-refractivity contribution in [2.24, 2.45) is 5.73 Å². The summed E-state index contributed by atoms with van der Waals surface area (Å²) in [5.74, 6) is -1.14. The highest BCUT2D eigenvalue weighted by atomic mass is 16.4. The van der Waals surface area contributed by atoms with Gasteiger partial charge in [-0.05, 0) is 19.3 Å². The molecule has 0 aromatic heterocycles. The second-order valence-electron chi connectivity index (χ2n) is 4.25. The fourth-order valence-electron chi connectivity index (χ4n) is 2.02.